The molecule has 3 aromatic rings. The van der Waals surface area contributed by atoms with Crippen molar-refractivity contribution in [2.24, 2.45) is 5.73 Å². The molecule has 0 saturated heterocycles. The SMILES string of the molecule is NC(=O)c1cccc(F)c1N1CCCOc2nc3[nH]ccc3cc21. The Morgan fingerprint density at radius 3 is 3.08 bits per heavy atom. The maximum atomic E-state index is 14.6. The quantitative estimate of drug-likeness (QED) is 0.758. The molecule has 6 nitrogen and oxygen atoms in total. The second-order valence-corrected chi connectivity index (χ2v) is 5.58. The fourth-order valence-electron chi connectivity index (χ4n) is 2.99. The Bertz CT molecular complexity index is 937. The highest BCUT2D eigenvalue weighted by Crippen LogP contribution is 2.39. The lowest BCUT2D eigenvalue weighted by Crippen LogP contribution is -2.24. The number of pyridine rings is 1. The number of nitrogens with two attached hydrogens (primary N) is 1. The van der Waals surface area contributed by atoms with Crippen LogP contribution in [-0.4, -0.2) is 29.0 Å². The Labute approximate surface area is 137 Å². The molecule has 4 rings (SSSR count). The number of halogens is 1. The topological polar surface area (TPSA) is 84.2 Å². The van der Waals surface area contributed by atoms with Crippen LogP contribution in [0.15, 0.2) is 36.5 Å². The fourth-order valence-corrected chi connectivity index (χ4v) is 2.99. The maximum absolute atomic E-state index is 14.6. The first-order chi connectivity index (χ1) is 11.6. The number of fused-ring (bicyclic) bond motifs is 2. The third kappa shape index (κ3) is 2.25. The van der Waals surface area contributed by atoms with Crippen molar-refractivity contribution in [2.75, 3.05) is 18.1 Å². The van der Waals surface area contributed by atoms with E-state index in [2.05, 4.69) is 9.97 Å². The molecule has 0 bridgehead atoms. The number of hydrogen-bond acceptors (Lipinski definition) is 4. The lowest BCUT2D eigenvalue weighted by Gasteiger charge is -2.25. The summed E-state index contributed by atoms with van der Waals surface area (Å²) in [6.07, 6.45) is 2.44. The number of aromatic nitrogens is 2. The second kappa shape index (κ2) is 5.52. The number of hydrogen-bond donors (Lipinski definition) is 2. The van der Waals surface area contributed by atoms with Crippen molar-refractivity contribution in [2.45, 2.75) is 6.42 Å². The van der Waals surface area contributed by atoms with Gasteiger partial charge in [0.25, 0.3) is 5.91 Å². The monoisotopic (exact) mass is 326 g/mol. The summed E-state index contributed by atoms with van der Waals surface area (Å²) in [5.74, 6) is -0.777. The molecule has 0 saturated carbocycles. The Hall–Kier alpha value is -3.09. The zero-order valence-corrected chi connectivity index (χ0v) is 12.8. The first kappa shape index (κ1) is 14.5. The summed E-state index contributed by atoms with van der Waals surface area (Å²) in [4.78, 5) is 21.0. The normalized spacial score (nSPS) is 14.1. The third-order valence-corrected chi connectivity index (χ3v) is 4.06. The number of para-hydroxylation sites is 1. The van der Waals surface area contributed by atoms with E-state index in [1.165, 1.54) is 18.2 Å². The van der Waals surface area contributed by atoms with Crippen LogP contribution in [0.5, 0.6) is 5.88 Å². The van der Waals surface area contributed by atoms with E-state index in [0.717, 1.165) is 5.39 Å². The highest BCUT2D eigenvalue weighted by atomic mass is 19.1. The molecule has 0 fully saturated rings. The number of nitrogens with one attached hydrogen (secondary N) is 1. The van der Waals surface area contributed by atoms with Crippen LogP contribution in [0, 0.1) is 5.82 Å². The van der Waals surface area contributed by atoms with E-state index < -0.39 is 11.7 Å². The lowest BCUT2D eigenvalue weighted by atomic mass is 10.1. The smallest absolute Gasteiger partial charge is 0.250 e. The average molecular weight is 326 g/mol. The Balaban J connectivity index is 1.96. The highest BCUT2D eigenvalue weighted by Gasteiger charge is 2.26. The summed E-state index contributed by atoms with van der Waals surface area (Å²) in [5.41, 5.74) is 7.05. The van der Waals surface area contributed by atoms with E-state index in [1.54, 1.807) is 11.1 Å². The van der Waals surface area contributed by atoms with Gasteiger partial charge in [0, 0.05) is 18.1 Å². The standard InChI is InChI=1S/C17H15FN4O2/c18-12-4-1-3-11(15(19)23)14(12)22-7-2-8-24-17-13(22)9-10-5-6-20-16(10)21-17/h1,3-6,9H,2,7-8H2,(H2,19,23)(H,20,21). The number of H-pyrrole nitrogens is 1. The van der Waals surface area contributed by atoms with Crippen LogP contribution in [0.1, 0.15) is 16.8 Å². The fraction of sp³-hybridized carbons (Fsp3) is 0.176. The van der Waals surface area contributed by atoms with Crippen LogP contribution in [0.25, 0.3) is 11.0 Å². The van der Waals surface area contributed by atoms with Crippen molar-refractivity contribution >= 4 is 28.3 Å². The Kier molecular flexibility index (Phi) is 3.34. The maximum Gasteiger partial charge on any atom is 0.250 e. The van der Waals surface area contributed by atoms with Crippen molar-refractivity contribution in [3.05, 3.63) is 47.9 Å². The molecule has 1 amide bonds. The molecule has 1 aliphatic rings. The van der Waals surface area contributed by atoms with E-state index in [4.69, 9.17) is 10.5 Å². The first-order valence-electron chi connectivity index (χ1n) is 7.62. The zero-order valence-electron chi connectivity index (χ0n) is 12.8. The summed E-state index contributed by atoms with van der Waals surface area (Å²) in [5, 5.41) is 0.876. The molecule has 1 aliphatic heterocycles. The number of nitrogens with zero attached hydrogens (tertiary/aromatic N) is 2. The van der Waals surface area contributed by atoms with Crippen molar-refractivity contribution in [1.82, 2.24) is 9.97 Å². The summed E-state index contributed by atoms with van der Waals surface area (Å²) in [6.45, 7) is 0.953. The molecule has 0 spiro atoms. The summed E-state index contributed by atoms with van der Waals surface area (Å²) in [7, 11) is 0. The van der Waals surface area contributed by atoms with Crippen molar-refractivity contribution in [3.8, 4) is 5.88 Å². The van der Waals surface area contributed by atoms with Gasteiger partial charge in [-0.3, -0.25) is 4.79 Å². The minimum Gasteiger partial charge on any atom is -0.476 e. The van der Waals surface area contributed by atoms with Crippen molar-refractivity contribution in [1.29, 1.82) is 0 Å². The number of ether oxygens (including phenoxy) is 1. The predicted octanol–water partition coefficient (Wildman–Crippen LogP) is 2.72. The van der Waals surface area contributed by atoms with Crippen LogP contribution >= 0.6 is 0 Å². The summed E-state index contributed by atoms with van der Waals surface area (Å²) in [6, 6.07) is 8.06. The molecule has 24 heavy (non-hydrogen) atoms. The first-order valence-corrected chi connectivity index (χ1v) is 7.62. The number of aromatic amines is 1. The van der Waals surface area contributed by atoms with Gasteiger partial charge in [0.15, 0.2) is 0 Å². The molecule has 122 valence electrons. The van der Waals surface area contributed by atoms with Crippen LogP contribution in [0.3, 0.4) is 0 Å². The van der Waals surface area contributed by atoms with Gasteiger partial charge in [-0.25, -0.2) is 4.39 Å². The van der Waals surface area contributed by atoms with E-state index in [9.17, 15) is 9.18 Å². The third-order valence-electron chi connectivity index (χ3n) is 4.06. The van der Waals surface area contributed by atoms with Gasteiger partial charge >= 0.3 is 0 Å². The number of amides is 1. The molecule has 3 N–H and O–H groups in total. The van der Waals surface area contributed by atoms with Gasteiger partial charge in [-0.05, 0) is 30.7 Å². The number of primary amides is 1. The second-order valence-electron chi connectivity index (χ2n) is 5.58. The lowest BCUT2D eigenvalue weighted by molar-refractivity contribution is 0.100. The van der Waals surface area contributed by atoms with Gasteiger partial charge in [-0.1, -0.05) is 6.07 Å². The highest BCUT2D eigenvalue weighted by molar-refractivity contribution is 6.00. The van der Waals surface area contributed by atoms with Crippen molar-refractivity contribution in [3.63, 3.8) is 0 Å². The minimum absolute atomic E-state index is 0.136. The Morgan fingerprint density at radius 2 is 2.25 bits per heavy atom. The van der Waals surface area contributed by atoms with Gasteiger partial charge in [0.05, 0.1) is 17.9 Å². The van der Waals surface area contributed by atoms with Gasteiger partial charge in [0.1, 0.15) is 17.2 Å². The van der Waals surface area contributed by atoms with Crippen molar-refractivity contribution < 1.29 is 13.9 Å². The predicted molar refractivity (Wildman–Crippen MR) is 88.1 cm³/mol. The molecule has 0 aliphatic carbocycles. The van der Waals surface area contributed by atoms with E-state index in [0.29, 0.717) is 36.8 Å². The van der Waals surface area contributed by atoms with E-state index in [-0.39, 0.29) is 11.3 Å². The number of carbonyl (C=O) groups excluding carboxylic acids is 1. The minimum atomic E-state index is -0.674. The average Bonchev–Trinajstić information content (AvgIpc) is 2.92. The van der Waals surface area contributed by atoms with E-state index >= 15 is 0 Å². The molecule has 0 atom stereocenters. The number of benzene rings is 1. The summed E-state index contributed by atoms with van der Waals surface area (Å²) >= 11 is 0. The van der Waals surface area contributed by atoms with E-state index in [1.807, 2.05) is 12.1 Å². The zero-order chi connectivity index (χ0) is 16.7. The largest absolute Gasteiger partial charge is 0.476 e. The number of carbonyl (C=O) groups is 1. The molecule has 0 radical (unpaired) electrons. The molecular weight excluding hydrogens is 311 g/mol. The molecular formula is C17H15FN4O2. The molecule has 3 heterocycles. The number of anilines is 2. The van der Waals surface area contributed by atoms with Crippen LogP contribution in [0.2, 0.25) is 0 Å². The van der Waals surface area contributed by atoms with Gasteiger partial charge < -0.3 is 20.4 Å². The van der Waals surface area contributed by atoms with Crippen LogP contribution in [-0.2, 0) is 0 Å². The van der Waals surface area contributed by atoms with Gasteiger partial charge in [-0.2, -0.15) is 4.98 Å². The van der Waals surface area contributed by atoms with Crippen LogP contribution in [0.4, 0.5) is 15.8 Å². The van der Waals surface area contributed by atoms with Gasteiger partial charge in [0.2, 0.25) is 5.88 Å². The number of rotatable bonds is 2. The molecule has 7 heteroatoms. The summed E-state index contributed by atoms with van der Waals surface area (Å²) < 4.78 is 20.3. The molecule has 2 aromatic heterocycles. The molecule has 0 unspecified atom stereocenters. The molecule has 1 aromatic carbocycles. The van der Waals surface area contributed by atoms with Crippen LogP contribution < -0.4 is 15.4 Å². The van der Waals surface area contributed by atoms with Gasteiger partial charge in [-0.15, -0.1) is 0 Å². The Morgan fingerprint density at radius 1 is 1.38 bits per heavy atom.